The van der Waals surface area contributed by atoms with Crippen LogP contribution in [0.25, 0.3) is 10.2 Å². The summed E-state index contributed by atoms with van der Waals surface area (Å²) in [6, 6.07) is 15.2. The number of nitrogens with one attached hydrogen (secondary N) is 1. The fourth-order valence-electron chi connectivity index (χ4n) is 3.40. The van der Waals surface area contributed by atoms with Crippen molar-refractivity contribution in [1.29, 1.82) is 5.26 Å². The summed E-state index contributed by atoms with van der Waals surface area (Å²) in [6.45, 7) is 1.18. The van der Waals surface area contributed by atoms with Gasteiger partial charge in [-0.05, 0) is 49.7 Å². The molecule has 0 saturated carbocycles. The molecule has 0 unspecified atom stereocenters. The van der Waals surface area contributed by atoms with Crippen LogP contribution in [0.3, 0.4) is 0 Å². The number of fused-ring (bicyclic) bond motifs is 1. The maximum Gasteiger partial charge on any atom is 0.238 e. The number of hydrogen-bond acceptors (Lipinski definition) is 5. The molecule has 27 heavy (non-hydrogen) atoms. The number of amides is 1. The van der Waals surface area contributed by atoms with E-state index in [1.165, 1.54) is 4.70 Å². The lowest BCUT2D eigenvalue weighted by Crippen LogP contribution is -2.32. The van der Waals surface area contributed by atoms with Gasteiger partial charge in [0.15, 0.2) is 0 Å². The molecule has 1 aliphatic heterocycles. The van der Waals surface area contributed by atoms with Crippen LogP contribution in [0.1, 0.15) is 29.5 Å². The topological polar surface area (TPSA) is 69.0 Å². The summed E-state index contributed by atoms with van der Waals surface area (Å²) in [5.74, 6) is -0.0937. The van der Waals surface area contributed by atoms with Crippen molar-refractivity contribution in [2.24, 2.45) is 0 Å². The van der Waals surface area contributed by atoms with Crippen molar-refractivity contribution in [2.45, 2.75) is 18.9 Å². The average molecular weight is 397 g/mol. The van der Waals surface area contributed by atoms with Gasteiger partial charge in [-0.2, -0.15) is 5.26 Å². The molecule has 1 N–H and O–H groups in total. The standard InChI is InChI=1S/C20H17ClN4OS/c21-15-10-14(8-7-13(15)11-22)23-19(26)12-25-9-3-5-17(25)20-24-16-4-1-2-6-18(16)27-20/h1-2,4,6-8,10,17H,3,5,9,12H2,(H,23,26)/t17-/m0/s1. The number of rotatable bonds is 4. The van der Waals surface area contributed by atoms with Crippen molar-refractivity contribution in [3.8, 4) is 6.07 Å². The van der Waals surface area contributed by atoms with E-state index in [1.54, 1.807) is 29.5 Å². The zero-order chi connectivity index (χ0) is 18.8. The molecule has 0 radical (unpaired) electrons. The lowest BCUT2D eigenvalue weighted by atomic mass is 10.2. The fourth-order valence-corrected chi connectivity index (χ4v) is 4.76. The summed E-state index contributed by atoms with van der Waals surface area (Å²) in [5, 5.41) is 13.2. The molecule has 3 aromatic rings. The lowest BCUT2D eigenvalue weighted by Gasteiger charge is -2.22. The van der Waals surface area contributed by atoms with Gasteiger partial charge >= 0.3 is 0 Å². The van der Waals surface area contributed by atoms with Crippen molar-refractivity contribution in [1.82, 2.24) is 9.88 Å². The highest BCUT2D eigenvalue weighted by Crippen LogP contribution is 2.36. The van der Waals surface area contributed by atoms with Gasteiger partial charge in [0, 0.05) is 5.69 Å². The Kier molecular flexibility index (Phi) is 5.08. The molecule has 1 amide bonds. The van der Waals surface area contributed by atoms with Gasteiger partial charge in [0.05, 0.1) is 33.4 Å². The number of carbonyl (C=O) groups excluding carboxylic acids is 1. The third-order valence-corrected chi connectivity index (χ3v) is 6.13. The number of hydrogen-bond donors (Lipinski definition) is 1. The third kappa shape index (κ3) is 3.81. The maximum absolute atomic E-state index is 12.5. The number of aromatic nitrogens is 1. The molecule has 0 bridgehead atoms. The Labute approximate surface area is 166 Å². The Morgan fingerprint density at radius 2 is 2.22 bits per heavy atom. The Balaban J connectivity index is 1.45. The van der Waals surface area contributed by atoms with Gasteiger partial charge in [0.2, 0.25) is 5.91 Å². The first-order valence-corrected chi connectivity index (χ1v) is 9.92. The fraction of sp³-hybridized carbons (Fsp3) is 0.250. The van der Waals surface area contributed by atoms with E-state index < -0.39 is 0 Å². The summed E-state index contributed by atoms with van der Waals surface area (Å²) in [6.07, 6.45) is 2.06. The first-order valence-electron chi connectivity index (χ1n) is 8.73. The van der Waals surface area contributed by atoms with Gasteiger partial charge in [-0.15, -0.1) is 11.3 Å². The van der Waals surface area contributed by atoms with Crippen LogP contribution in [0.4, 0.5) is 5.69 Å². The van der Waals surface area contributed by atoms with Crippen LogP contribution in [0.2, 0.25) is 5.02 Å². The van der Waals surface area contributed by atoms with Crippen molar-refractivity contribution in [2.75, 3.05) is 18.4 Å². The van der Waals surface area contributed by atoms with Crippen molar-refractivity contribution in [3.05, 3.63) is 58.1 Å². The van der Waals surface area contributed by atoms with E-state index in [0.717, 1.165) is 29.9 Å². The molecule has 1 atom stereocenters. The third-order valence-electron chi connectivity index (χ3n) is 4.68. The second-order valence-electron chi connectivity index (χ2n) is 6.50. The number of carbonyl (C=O) groups is 1. The van der Waals surface area contributed by atoms with Gasteiger partial charge in [-0.3, -0.25) is 9.69 Å². The SMILES string of the molecule is N#Cc1ccc(NC(=O)CN2CCC[C@H]2c2nc3ccccc3s2)cc1Cl. The lowest BCUT2D eigenvalue weighted by molar-refractivity contribution is -0.117. The predicted molar refractivity (Wildman–Crippen MR) is 108 cm³/mol. The van der Waals surface area contributed by atoms with Crippen LogP contribution in [0.5, 0.6) is 0 Å². The van der Waals surface area contributed by atoms with Crippen molar-refractivity contribution < 1.29 is 4.79 Å². The predicted octanol–water partition coefficient (Wildman–Crippen LogP) is 4.60. The minimum absolute atomic E-state index is 0.0937. The Morgan fingerprint density at radius 1 is 1.37 bits per heavy atom. The zero-order valence-corrected chi connectivity index (χ0v) is 16.1. The van der Waals surface area contributed by atoms with Gasteiger partial charge in [0.1, 0.15) is 11.1 Å². The van der Waals surface area contributed by atoms with Crippen molar-refractivity contribution >= 4 is 44.7 Å². The summed E-state index contributed by atoms with van der Waals surface area (Å²) in [7, 11) is 0. The molecule has 1 saturated heterocycles. The highest BCUT2D eigenvalue weighted by Gasteiger charge is 2.30. The summed E-state index contributed by atoms with van der Waals surface area (Å²) in [5.41, 5.74) is 2.01. The molecule has 2 heterocycles. The number of nitriles is 1. The molecule has 0 spiro atoms. The molecule has 4 rings (SSSR count). The van der Waals surface area contributed by atoms with Gasteiger partial charge in [-0.1, -0.05) is 23.7 Å². The van der Waals surface area contributed by atoms with Gasteiger partial charge in [0.25, 0.3) is 0 Å². The monoisotopic (exact) mass is 396 g/mol. The molecular formula is C20H17ClN4OS. The molecule has 2 aromatic carbocycles. The Morgan fingerprint density at radius 3 is 3.00 bits per heavy atom. The molecule has 136 valence electrons. The number of para-hydroxylation sites is 1. The molecule has 1 fully saturated rings. The number of nitrogens with zero attached hydrogens (tertiary/aromatic N) is 3. The van der Waals surface area contributed by atoms with Crippen LogP contribution >= 0.6 is 22.9 Å². The first-order chi connectivity index (χ1) is 13.1. The quantitative estimate of drug-likeness (QED) is 0.699. The van der Waals surface area contributed by atoms with E-state index in [2.05, 4.69) is 16.3 Å². The van der Waals surface area contributed by atoms with E-state index in [-0.39, 0.29) is 11.9 Å². The van der Waals surface area contributed by atoms with Gasteiger partial charge in [-0.25, -0.2) is 4.98 Å². The smallest absolute Gasteiger partial charge is 0.238 e. The van der Waals surface area contributed by atoms with Crippen LogP contribution in [0.15, 0.2) is 42.5 Å². The van der Waals surface area contributed by atoms with Crippen LogP contribution < -0.4 is 5.32 Å². The largest absolute Gasteiger partial charge is 0.325 e. The number of likely N-dealkylation sites (tertiary alicyclic amines) is 1. The van der Waals surface area contributed by atoms with Crippen LogP contribution in [0, 0.1) is 11.3 Å². The summed E-state index contributed by atoms with van der Waals surface area (Å²) >= 11 is 7.74. The minimum Gasteiger partial charge on any atom is -0.325 e. The van der Waals surface area contributed by atoms with Crippen LogP contribution in [-0.4, -0.2) is 28.9 Å². The van der Waals surface area contributed by atoms with Crippen LogP contribution in [-0.2, 0) is 4.79 Å². The Hall–Kier alpha value is -2.46. The average Bonchev–Trinajstić information content (AvgIpc) is 3.27. The maximum atomic E-state index is 12.5. The summed E-state index contributed by atoms with van der Waals surface area (Å²) < 4.78 is 1.18. The highest BCUT2D eigenvalue weighted by molar-refractivity contribution is 7.18. The molecule has 0 aliphatic carbocycles. The second-order valence-corrected chi connectivity index (χ2v) is 7.97. The second kappa shape index (κ2) is 7.65. The van der Waals surface area contributed by atoms with E-state index in [0.29, 0.717) is 22.8 Å². The van der Waals surface area contributed by atoms with Crippen molar-refractivity contribution in [3.63, 3.8) is 0 Å². The number of thiazole rings is 1. The highest BCUT2D eigenvalue weighted by atomic mass is 35.5. The normalized spacial score (nSPS) is 17.1. The first kappa shape index (κ1) is 17.9. The molecule has 5 nitrogen and oxygen atoms in total. The number of anilines is 1. The summed E-state index contributed by atoms with van der Waals surface area (Å²) in [4.78, 5) is 19.4. The van der Waals surface area contributed by atoms with E-state index in [4.69, 9.17) is 21.8 Å². The minimum atomic E-state index is -0.0937. The Bertz CT molecular complexity index is 1010. The molecule has 1 aromatic heterocycles. The molecular weight excluding hydrogens is 380 g/mol. The molecule has 1 aliphatic rings. The van der Waals surface area contributed by atoms with Gasteiger partial charge < -0.3 is 5.32 Å². The number of halogens is 1. The zero-order valence-electron chi connectivity index (χ0n) is 14.5. The molecule has 7 heteroatoms. The van der Waals surface area contributed by atoms with E-state index in [1.807, 2.05) is 24.3 Å². The number of benzene rings is 2. The van der Waals surface area contributed by atoms with E-state index >= 15 is 0 Å². The van der Waals surface area contributed by atoms with E-state index in [9.17, 15) is 4.79 Å².